The van der Waals surface area contributed by atoms with Gasteiger partial charge in [0.25, 0.3) is 10.2 Å². The molecule has 0 bridgehead atoms. The number of piperazine rings is 1. The van der Waals surface area contributed by atoms with E-state index < -0.39 is 10.2 Å². The average Bonchev–Trinajstić information content (AvgIpc) is 2.64. The van der Waals surface area contributed by atoms with Crippen LogP contribution >= 0.6 is 0 Å². The second-order valence-corrected chi connectivity index (χ2v) is 8.50. The Labute approximate surface area is 166 Å². The number of carbonyl (C=O) groups is 2. The normalized spacial score (nSPS) is 16.1. The van der Waals surface area contributed by atoms with Gasteiger partial charge >= 0.3 is 0 Å². The lowest BCUT2D eigenvalue weighted by molar-refractivity contribution is -0.117. The Morgan fingerprint density at radius 3 is 1.93 bits per heavy atom. The Balaban J connectivity index is 1.82. The van der Waals surface area contributed by atoms with E-state index in [0.29, 0.717) is 50.6 Å². The molecule has 1 fully saturated rings. The molecule has 0 spiro atoms. The molecule has 0 atom stereocenters. The van der Waals surface area contributed by atoms with E-state index >= 15 is 0 Å². The number of amides is 2. The third kappa shape index (κ3) is 5.99. The third-order valence-corrected chi connectivity index (χ3v) is 6.73. The summed E-state index contributed by atoms with van der Waals surface area (Å²) in [5.74, 6) is -0.314. The van der Waals surface area contributed by atoms with Crippen molar-refractivity contribution < 1.29 is 18.0 Å². The molecule has 0 saturated carbocycles. The van der Waals surface area contributed by atoms with Crippen LogP contribution < -0.4 is 10.6 Å². The molecule has 1 saturated heterocycles. The quantitative estimate of drug-likeness (QED) is 0.658. The molecule has 0 unspecified atom stereocenters. The van der Waals surface area contributed by atoms with Gasteiger partial charge in [-0.2, -0.15) is 17.0 Å². The Bertz CT molecular complexity index is 770. The van der Waals surface area contributed by atoms with Gasteiger partial charge in [0.05, 0.1) is 6.54 Å². The van der Waals surface area contributed by atoms with Gasteiger partial charge < -0.3 is 10.6 Å². The summed E-state index contributed by atoms with van der Waals surface area (Å²) in [4.78, 5) is 25.2. The number of carbonyl (C=O) groups excluding carboxylic acids is 2. The predicted octanol–water partition coefficient (Wildman–Crippen LogP) is 0.788. The summed E-state index contributed by atoms with van der Waals surface area (Å²) in [5, 5.41) is 5.48. The highest BCUT2D eigenvalue weighted by Crippen LogP contribution is 2.15. The SMILES string of the molecule is CCN(CC)S(=O)(=O)N1CCN(CC(=O)Nc2ccc(NC(C)=O)cc2)CC1. The van der Waals surface area contributed by atoms with E-state index in [1.54, 1.807) is 24.3 Å². The molecule has 2 N–H and O–H groups in total. The van der Waals surface area contributed by atoms with Crippen molar-refractivity contribution >= 4 is 33.4 Å². The minimum Gasteiger partial charge on any atom is -0.326 e. The molecule has 0 radical (unpaired) electrons. The lowest BCUT2D eigenvalue weighted by atomic mass is 10.2. The maximum Gasteiger partial charge on any atom is 0.282 e. The van der Waals surface area contributed by atoms with Crippen LogP contribution in [0.25, 0.3) is 0 Å². The summed E-state index contributed by atoms with van der Waals surface area (Å²) >= 11 is 0. The second-order valence-electron chi connectivity index (χ2n) is 6.57. The fraction of sp³-hybridized carbons (Fsp3) is 0.556. The maximum atomic E-state index is 12.5. The molecule has 0 aliphatic carbocycles. The zero-order chi connectivity index (χ0) is 20.7. The van der Waals surface area contributed by atoms with Crippen LogP contribution in [-0.4, -0.2) is 79.6 Å². The van der Waals surface area contributed by atoms with E-state index in [0.717, 1.165) is 0 Å². The molecule has 2 rings (SSSR count). The molecule has 9 nitrogen and oxygen atoms in total. The number of benzene rings is 1. The smallest absolute Gasteiger partial charge is 0.282 e. The van der Waals surface area contributed by atoms with Crippen LogP contribution in [0.4, 0.5) is 11.4 Å². The molecule has 1 aliphatic heterocycles. The van der Waals surface area contributed by atoms with Gasteiger partial charge in [-0.1, -0.05) is 13.8 Å². The van der Waals surface area contributed by atoms with Crippen molar-refractivity contribution in [3.05, 3.63) is 24.3 Å². The first-order valence-corrected chi connectivity index (χ1v) is 10.8. The van der Waals surface area contributed by atoms with E-state index in [-0.39, 0.29) is 18.4 Å². The highest BCUT2D eigenvalue weighted by atomic mass is 32.2. The number of hydrogen-bond donors (Lipinski definition) is 2. The van der Waals surface area contributed by atoms with Crippen molar-refractivity contribution in [2.45, 2.75) is 20.8 Å². The standard InChI is InChI=1S/C18H29N5O4S/c1-4-22(5-2)28(26,27)23-12-10-21(11-13-23)14-18(25)20-17-8-6-16(7-9-17)19-15(3)24/h6-9H,4-5,10-14H2,1-3H3,(H,19,24)(H,20,25). The van der Waals surface area contributed by atoms with E-state index in [9.17, 15) is 18.0 Å². The second kappa shape index (κ2) is 9.97. The fourth-order valence-electron chi connectivity index (χ4n) is 3.08. The number of nitrogens with zero attached hydrogens (tertiary/aromatic N) is 3. The number of rotatable bonds is 8. The van der Waals surface area contributed by atoms with Crippen LogP contribution in [0.15, 0.2) is 24.3 Å². The lowest BCUT2D eigenvalue weighted by Gasteiger charge is -2.35. The van der Waals surface area contributed by atoms with Gasteiger partial charge in [0.2, 0.25) is 11.8 Å². The predicted molar refractivity (Wildman–Crippen MR) is 109 cm³/mol. The van der Waals surface area contributed by atoms with Gasteiger partial charge in [-0.05, 0) is 24.3 Å². The Kier molecular flexibility index (Phi) is 7.93. The van der Waals surface area contributed by atoms with Crippen LogP contribution in [0.5, 0.6) is 0 Å². The molecule has 1 heterocycles. The van der Waals surface area contributed by atoms with Gasteiger partial charge in [-0.3, -0.25) is 14.5 Å². The molecular formula is C18H29N5O4S. The number of anilines is 2. The van der Waals surface area contributed by atoms with Gasteiger partial charge in [0.1, 0.15) is 0 Å². The van der Waals surface area contributed by atoms with Gasteiger partial charge in [-0.15, -0.1) is 0 Å². The minimum absolute atomic E-state index is 0.154. The van der Waals surface area contributed by atoms with Crippen molar-refractivity contribution in [1.82, 2.24) is 13.5 Å². The minimum atomic E-state index is -3.43. The molecule has 1 aliphatic rings. The Morgan fingerprint density at radius 1 is 0.964 bits per heavy atom. The van der Waals surface area contributed by atoms with E-state index in [1.807, 2.05) is 18.7 Å². The van der Waals surface area contributed by atoms with Gasteiger partial charge in [0.15, 0.2) is 0 Å². The molecular weight excluding hydrogens is 382 g/mol. The van der Waals surface area contributed by atoms with Crippen LogP contribution in [0.3, 0.4) is 0 Å². The topological polar surface area (TPSA) is 102 Å². The summed E-state index contributed by atoms with van der Waals surface area (Å²) in [5.41, 5.74) is 1.30. The molecule has 0 aromatic heterocycles. The van der Waals surface area contributed by atoms with E-state index in [4.69, 9.17) is 0 Å². The Morgan fingerprint density at radius 2 is 1.46 bits per heavy atom. The zero-order valence-corrected chi connectivity index (χ0v) is 17.5. The Hall–Kier alpha value is -2.01. The summed E-state index contributed by atoms with van der Waals surface area (Å²) in [6, 6.07) is 6.87. The molecule has 10 heteroatoms. The molecule has 28 heavy (non-hydrogen) atoms. The van der Waals surface area contributed by atoms with Crippen molar-refractivity contribution in [3.8, 4) is 0 Å². The average molecular weight is 412 g/mol. The third-order valence-electron chi connectivity index (χ3n) is 4.55. The summed E-state index contributed by atoms with van der Waals surface area (Å²) < 4.78 is 28.0. The van der Waals surface area contributed by atoms with Crippen molar-refractivity contribution in [2.75, 3.05) is 56.4 Å². The van der Waals surface area contributed by atoms with Crippen molar-refractivity contribution in [2.24, 2.45) is 0 Å². The lowest BCUT2D eigenvalue weighted by Crippen LogP contribution is -2.54. The first kappa shape index (κ1) is 22.3. The largest absolute Gasteiger partial charge is 0.326 e. The van der Waals surface area contributed by atoms with E-state index in [2.05, 4.69) is 10.6 Å². The van der Waals surface area contributed by atoms with Crippen LogP contribution in [0.2, 0.25) is 0 Å². The molecule has 1 aromatic rings. The fourth-order valence-corrected chi connectivity index (χ4v) is 4.68. The first-order valence-electron chi connectivity index (χ1n) is 9.41. The molecule has 1 aromatic carbocycles. The van der Waals surface area contributed by atoms with Crippen molar-refractivity contribution in [1.29, 1.82) is 0 Å². The number of hydrogen-bond acceptors (Lipinski definition) is 5. The van der Waals surface area contributed by atoms with E-state index in [1.165, 1.54) is 15.5 Å². The van der Waals surface area contributed by atoms with Gasteiger partial charge in [-0.25, -0.2) is 0 Å². The maximum absolute atomic E-state index is 12.5. The monoisotopic (exact) mass is 411 g/mol. The summed E-state index contributed by atoms with van der Waals surface area (Å²) in [7, 11) is -3.43. The van der Waals surface area contributed by atoms with Crippen molar-refractivity contribution in [3.63, 3.8) is 0 Å². The van der Waals surface area contributed by atoms with Crippen LogP contribution in [0, 0.1) is 0 Å². The van der Waals surface area contributed by atoms with Crippen LogP contribution in [0.1, 0.15) is 20.8 Å². The highest BCUT2D eigenvalue weighted by Gasteiger charge is 2.31. The number of nitrogens with one attached hydrogen (secondary N) is 2. The molecule has 2 amide bonds. The first-order chi connectivity index (χ1) is 13.3. The summed E-state index contributed by atoms with van der Waals surface area (Å²) in [6.45, 7) is 7.94. The zero-order valence-electron chi connectivity index (χ0n) is 16.6. The van der Waals surface area contributed by atoms with Crippen LogP contribution in [-0.2, 0) is 19.8 Å². The highest BCUT2D eigenvalue weighted by molar-refractivity contribution is 7.86. The summed E-state index contributed by atoms with van der Waals surface area (Å²) in [6.07, 6.45) is 0. The molecule has 156 valence electrons. The van der Waals surface area contributed by atoms with Gasteiger partial charge in [0, 0.05) is 57.6 Å².